The number of benzene rings is 1. The second kappa shape index (κ2) is 8.08. The van der Waals surface area contributed by atoms with Crippen LogP contribution in [0.1, 0.15) is 49.0 Å². The van der Waals surface area contributed by atoms with Gasteiger partial charge in [-0.2, -0.15) is 0 Å². The summed E-state index contributed by atoms with van der Waals surface area (Å²) in [6.45, 7) is 6.58. The van der Waals surface area contributed by atoms with Gasteiger partial charge < -0.3 is 10.2 Å². The van der Waals surface area contributed by atoms with E-state index in [0.29, 0.717) is 18.4 Å². The van der Waals surface area contributed by atoms with Gasteiger partial charge in [-0.3, -0.25) is 9.59 Å². The molecule has 1 atom stereocenters. The minimum Gasteiger partial charge on any atom is -0.337 e. The van der Waals surface area contributed by atoms with E-state index in [1.807, 2.05) is 36.1 Å². The molecule has 1 saturated heterocycles. The molecule has 1 amide bonds. The quantitative estimate of drug-likeness (QED) is 0.821. The van der Waals surface area contributed by atoms with Crippen molar-refractivity contribution in [3.8, 4) is 0 Å². The maximum atomic E-state index is 12.2. The summed E-state index contributed by atoms with van der Waals surface area (Å²) in [5.41, 5.74) is 1.96. The molecule has 22 heavy (non-hydrogen) atoms. The minimum atomic E-state index is 0.0548. The largest absolute Gasteiger partial charge is 0.337 e. The van der Waals surface area contributed by atoms with Crippen LogP contribution in [0.25, 0.3) is 0 Å². The summed E-state index contributed by atoms with van der Waals surface area (Å²) in [6.07, 6.45) is 2.74. The lowest BCUT2D eigenvalue weighted by Gasteiger charge is -2.34. The fourth-order valence-corrected chi connectivity index (χ4v) is 2.87. The number of amides is 1. The van der Waals surface area contributed by atoms with E-state index in [9.17, 15) is 9.59 Å². The minimum absolute atomic E-state index is 0.0548. The number of carbonyl (C=O) groups excluding carboxylic acids is 2. The third kappa shape index (κ3) is 4.41. The molecule has 0 radical (unpaired) electrons. The molecule has 0 bridgehead atoms. The Morgan fingerprint density at radius 1 is 1.23 bits per heavy atom. The molecule has 4 nitrogen and oxygen atoms in total. The van der Waals surface area contributed by atoms with Crippen molar-refractivity contribution in [2.45, 2.75) is 45.6 Å². The second-order valence-corrected chi connectivity index (χ2v) is 6.01. The first kappa shape index (κ1) is 16.7. The summed E-state index contributed by atoms with van der Waals surface area (Å²) in [6, 6.07) is 7.99. The molecular weight excluding hydrogens is 276 g/mol. The van der Waals surface area contributed by atoms with Crippen LogP contribution in [0.4, 0.5) is 0 Å². The highest BCUT2D eigenvalue weighted by Crippen LogP contribution is 2.12. The molecule has 0 unspecified atom stereocenters. The van der Waals surface area contributed by atoms with E-state index in [4.69, 9.17) is 0 Å². The smallest absolute Gasteiger partial charge is 0.223 e. The van der Waals surface area contributed by atoms with Gasteiger partial charge in [0, 0.05) is 44.1 Å². The molecule has 4 heteroatoms. The summed E-state index contributed by atoms with van der Waals surface area (Å²) < 4.78 is 0. The summed E-state index contributed by atoms with van der Waals surface area (Å²) >= 11 is 0. The van der Waals surface area contributed by atoms with Crippen molar-refractivity contribution in [3.63, 3.8) is 0 Å². The van der Waals surface area contributed by atoms with Crippen molar-refractivity contribution in [1.29, 1.82) is 0 Å². The molecular formula is C18H26N2O2. The number of aryl methyl sites for hydroxylation is 1. The van der Waals surface area contributed by atoms with E-state index in [0.717, 1.165) is 32.5 Å². The number of Topliss-reactive ketones (excluding diaryl/α,β-unsaturated/α-hetero) is 1. The Kier molecular flexibility index (Phi) is 6.13. The molecule has 0 spiro atoms. The number of nitrogens with one attached hydrogen (secondary N) is 1. The van der Waals surface area contributed by atoms with Gasteiger partial charge in [-0.1, -0.05) is 37.6 Å². The predicted octanol–water partition coefficient (Wildman–Crippen LogP) is 2.42. The van der Waals surface area contributed by atoms with Crippen LogP contribution in [0.2, 0.25) is 0 Å². The van der Waals surface area contributed by atoms with Gasteiger partial charge in [0.25, 0.3) is 0 Å². The molecule has 1 aliphatic heterocycles. The van der Waals surface area contributed by atoms with Gasteiger partial charge in [-0.25, -0.2) is 0 Å². The fraction of sp³-hybridized carbons (Fsp3) is 0.556. The summed E-state index contributed by atoms with van der Waals surface area (Å²) in [5.74, 6) is 0.143. The van der Waals surface area contributed by atoms with E-state index in [1.165, 1.54) is 5.56 Å². The number of ketones is 1. The van der Waals surface area contributed by atoms with Gasteiger partial charge >= 0.3 is 0 Å². The highest BCUT2D eigenvalue weighted by atomic mass is 16.2. The molecule has 1 heterocycles. The highest BCUT2D eigenvalue weighted by molar-refractivity contribution is 5.98. The van der Waals surface area contributed by atoms with Crippen LogP contribution in [0.5, 0.6) is 0 Å². The van der Waals surface area contributed by atoms with Crippen LogP contribution in [-0.4, -0.2) is 42.3 Å². The lowest BCUT2D eigenvalue weighted by molar-refractivity contribution is -0.133. The van der Waals surface area contributed by atoms with Crippen molar-refractivity contribution >= 4 is 11.7 Å². The number of rotatable bonds is 6. The van der Waals surface area contributed by atoms with Crippen molar-refractivity contribution < 1.29 is 9.59 Å². The molecule has 1 fully saturated rings. The summed E-state index contributed by atoms with van der Waals surface area (Å²) in [7, 11) is 0. The van der Waals surface area contributed by atoms with E-state index in [-0.39, 0.29) is 17.7 Å². The number of piperazine rings is 1. The molecule has 1 N–H and O–H groups in total. The molecule has 0 aromatic heterocycles. The molecule has 0 saturated carbocycles. The van der Waals surface area contributed by atoms with Gasteiger partial charge in [0.1, 0.15) is 0 Å². The van der Waals surface area contributed by atoms with Gasteiger partial charge in [-0.05, 0) is 18.9 Å². The Morgan fingerprint density at radius 2 is 1.95 bits per heavy atom. The zero-order valence-electron chi connectivity index (χ0n) is 13.6. The zero-order valence-corrected chi connectivity index (χ0v) is 13.6. The normalized spacial score (nSPS) is 18.3. The van der Waals surface area contributed by atoms with E-state index >= 15 is 0 Å². The lowest BCUT2D eigenvalue weighted by Crippen LogP contribution is -2.52. The highest BCUT2D eigenvalue weighted by Gasteiger charge is 2.23. The maximum absolute atomic E-state index is 12.2. The third-order valence-electron chi connectivity index (χ3n) is 4.20. The van der Waals surface area contributed by atoms with Crippen LogP contribution < -0.4 is 5.32 Å². The first-order chi connectivity index (χ1) is 10.6. The van der Waals surface area contributed by atoms with E-state index < -0.39 is 0 Å². The number of hydrogen-bond acceptors (Lipinski definition) is 3. The monoisotopic (exact) mass is 302 g/mol. The van der Waals surface area contributed by atoms with E-state index in [1.54, 1.807) is 0 Å². The second-order valence-electron chi connectivity index (χ2n) is 6.01. The Bertz CT molecular complexity index is 510. The molecule has 1 aromatic rings. The Morgan fingerprint density at radius 3 is 2.59 bits per heavy atom. The van der Waals surface area contributed by atoms with Crippen molar-refractivity contribution in [3.05, 3.63) is 35.4 Å². The van der Waals surface area contributed by atoms with Gasteiger partial charge in [0.05, 0.1) is 0 Å². The predicted molar refractivity (Wildman–Crippen MR) is 88.0 cm³/mol. The van der Waals surface area contributed by atoms with Crippen molar-refractivity contribution in [2.75, 3.05) is 19.6 Å². The average Bonchev–Trinajstić information content (AvgIpc) is 2.54. The molecule has 2 rings (SSSR count). The van der Waals surface area contributed by atoms with Gasteiger partial charge in [0.15, 0.2) is 5.78 Å². The average molecular weight is 302 g/mol. The molecule has 0 aliphatic carbocycles. The fourth-order valence-electron chi connectivity index (χ4n) is 2.87. The Labute approximate surface area is 132 Å². The number of nitrogens with zero attached hydrogens (tertiary/aromatic N) is 1. The van der Waals surface area contributed by atoms with Crippen LogP contribution >= 0.6 is 0 Å². The topological polar surface area (TPSA) is 49.4 Å². The summed E-state index contributed by atoms with van der Waals surface area (Å²) in [4.78, 5) is 26.3. The van der Waals surface area contributed by atoms with Gasteiger partial charge in [0.2, 0.25) is 5.91 Å². The van der Waals surface area contributed by atoms with Crippen LogP contribution in [0.3, 0.4) is 0 Å². The summed E-state index contributed by atoms with van der Waals surface area (Å²) in [5, 5.41) is 3.26. The van der Waals surface area contributed by atoms with Crippen molar-refractivity contribution in [2.24, 2.45) is 0 Å². The Balaban J connectivity index is 1.85. The van der Waals surface area contributed by atoms with Crippen molar-refractivity contribution in [1.82, 2.24) is 10.2 Å². The van der Waals surface area contributed by atoms with E-state index in [2.05, 4.69) is 12.2 Å². The molecule has 120 valence electrons. The maximum Gasteiger partial charge on any atom is 0.223 e. The standard InChI is InChI=1S/C18H26N2O2/c1-3-4-15-5-7-16(8-6-15)17(21)9-10-18(22)20-12-11-19-13-14(20)2/h5-8,14,19H,3-4,9-13H2,1-2H3/t14-/m1/s1. The number of hydrogen-bond donors (Lipinski definition) is 1. The lowest BCUT2D eigenvalue weighted by atomic mass is 10.0. The van der Waals surface area contributed by atoms with Crippen LogP contribution in [0.15, 0.2) is 24.3 Å². The molecule has 1 aromatic carbocycles. The van der Waals surface area contributed by atoms with Crippen LogP contribution in [-0.2, 0) is 11.2 Å². The van der Waals surface area contributed by atoms with Gasteiger partial charge in [-0.15, -0.1) is 0 Å². The van der Waals surface area contributed by atoms with Crippen LogP contribution in [0, 0.1) is 0 Å². The zero-order chi connectivity index (χ0) is 15.9. The Hall–Kier alpha value is -1.68. The SMILES string of the molecule is CCCc1ccc(C(=O)CCC(=O)N2CCNC[C@H]2C)cc1. The first-order valence-electron chi connectivity index (χ1n) is 8.24. The number of carbonyl (C=O) groups is 2. The first-order valence-corrected chi connectivity index (χ1v) is 8.24. The third-order valence-corrected chi connectivity index (χ3v) is 4.20. The molecule has 1 aliphatic rings.